The van der Waals surface area contributed by atoms with Gasteiger partial charge in [-0.2, -0.15) is 0 Å². The summed E-state index contributed by atoms with van der Waals surface area (Å²) in [6.07, 6.45) is 3.27. The van der Waals surface area contributed by atoms with Crippen LogP contribution in [0.3, 0.4) is 0 Å². The molecule has 1 fully saturated rings. The number of nitrogens with one attached hydrogen (secondary N) is 1. The van der Waals surface area contributed by atoms with Crippen LogP contribution in [0.15, 0.2) is 16.0 Å². The summed E-state index contributed by atoms with van der Waals surface area (Å²) in [5.41, 5.74) is 5.21. The maximum absolute atomic E-state index is 12.3. The van der Waals surface area contributed by atoms with Crippen molar-refractivity contribution in [3.63, 3.8) is 0 Å². The van der Waals surface area contributed by atoms with Crippen LogP contribution in [0.1, 0.15) is 33.1 Å². The Morgan fingerprint density at radius 3 is 2.75 bits per heavy atom. The molecule has 1 aromatic heterocycles. The van der Waals surface area contributed by atoms with Gasteiger partial charge < -0.3 is 15.6 Å². The first kappa shape index (κ1) is 14.9. The highest BCUT2D eigenvalue weighted by atomic mass is 32.2. The molecule has 7 heteroatoms. The van der Waals surface area contributed by atoms with Gasteiger partial charge in [0.25, 0.3) is 5.56 Å². The number of carbonyl (C=O) groups is 1. The van der Waals surface area contributed by atoms with Gasteiger partial charge in [0.15, 0.2) is 5.16 Å². The van der Waals surface area contributed by atoms with Gasteiger partial charge in [0.05, 0.1) is 5.75 Å². The number of nitrogen functional groups attached to an aromatic ring is 1. The number of likely N-dealkylation sites (tertiary alicyclic amines) is 1. The number of hydrogen-bond acceptors (Lipinski definition) is 5. The molecule has 1 aromatic rings. The quantitative estimate of drug-likeness (QED) is 0.646. The van der Waals surface area contributed by atoms with E-state index < -0.39 is 0 Å². The zero-order valence-electron chi connectivity index (χ0n) is 11.8. The van der Waals surface area contributed by atoms with Gasteiger partial charge in [0.2, 0.25) is 5.91 Å². The second-order valence-corrected chi connectivity index (χ2v) is 6.16. The number of H-pyrrole nitrogens is 1. The number of aromatic nitrogens is 2. The highest BCUT2D eigenvalue weighted by Crippen LogP contribution is 2.24. The van der Waals surface area contributed by atoms with Crippen molar-refractivity contribution in [3.05, 3.63) is 16.4 Å². The second-order valence-electron chi connectivity index (χ2n) is 5.19. The smallest absolute Gasteiger partial charge is 0.253 e. The van der Waals surface area contributed by atoms with Crippen LogP contribution >= 0.6 is 11.8 Å². The van der Waals surface area contributed by atoms with Crippen molar-refractivity contribution in [1.82, 2.24) is 14.9 Å². The van der Waals surface area contributed by atoms with E-state index in [1.807, 2.05) is 4.90 Å². The van der Waals surface area contributed by atoms with Crippen LogP contribution in [-0.2, 0) is 4.79 Å². The maximum atomic E-state index is 12.3. The van der Waals surface area contributed by atoms with Crippen LogP contribution < -0.4 is 11.3 Å². The molecule has 0 unspecified atom stereocenters. The first-order valence-corrected chi connectivity index (χ1v) is 7.76. The Labute approximate surface area is 122 Å². The Morgan fingerprint density at radius 2 is 2.15 bits per heavy atom. The molecule has 6 nitrogen and oxygen atoms in total. The molecule has 0 aliphatic carbocycles. The molecule has 3 N–H and O–H groups in total. The lowest BCUT2D eigenvalue weighted by Crippen LogP contribution is -2.48. The third kappa shape index (κ3) is 3.53. The van der Waals surface area contributed by atoms with E-state index in [9.17, 15) is 9.59 Å². The monoisotopic (exact) mass is 296 g/mol. The molecule has 2 rings (SSSR count). The minimum absolute atomic E-state index is 0.0831. The molecule has 2 heterocycles. The number of aromatic amines is 1. The molecule has 0 aromatic carbocycles. The summed E-state index contributed by atoms with van der Waals surface area (Å²) in [4.78, 5) is 32.1. The molecule has 0 bridgehead atoms. The first-order chi connectivity index (χ1) is 9.47. The fourth-order valence-corrected chi connectivity index (χ4v) is 3.39. The molecule has 1 aliphatic rings. The van der Waals surface area contributed by atoms with E-state index in [1.165, 1.54) is 24.2 Å². The average molecular weight is 296 g/mol. The summed E-state index contributed by atoms with van der Waals surface area (Å²) in [5, 5.41) is 0.390. The van der Waals surface area contributed by atoms with Gasteiger partial charge in [-0.3, -0.25) is 9.59 Å². The van der Waals surface area contributed by atoms with Gasteiger partial charge >= 0.3 is 0 Å². The Balaban J connectivity index is 1.99. The number of carbonyl (C=O) groups excluding carboxylic acids is 1. The highest BCUT2D eigenvalue weighted by molar-refractivity contribution is 7.99. The topological polar surface area (TPSA) is 92.1 Å². The minimum atomic E-state index is -0.299. The standard InChI is InChI=1S/C13H20N4O2S/c1-8-4-3-5-9(2)17(8)12(19)7-20-13-15-10(14)6-11(18)16-13/h6,8-9H,3-5,7H2,1-2H3,(H3,14,15,16,18)/t8-,9-/m0/s1. The number of nitrogens with zero attached hydrogens (tertiary/aromatic N) is 2. The fraction of sp³-hybridized carbons (Fsp3) is 0.615. The van der Waals surface area contributed by atoms with Gasteiger partial charge in [0, 0.05) is 18.2 Å². The molecule has 0 saturated carbocycles. The molecular weight excluding hydrogens is 276 g/mol. The minimum Gasteiger partial charge on any atom is -0.383 e. The summed E-state index contributed by atoms with van der Waals surface area (Å²) in [6.45, 7) is 4.16. The van der Waals surface area contributed by atoms with Crippen LogP contribution in [0.4, 0.5) is 5.82 Å². The summed E-state index contributed by atoms with van der Waals surface area (Å²) >= 11 is 1.22. The number of amides is 1. The van der Waals surface area contributed by atoms with Gasteiger partial charge in [-0.15, -0.1) is 0 Å². The first-order valence-electron chi connectivity index (χ1n) is 6.78. The largest absolute Gasteiger partial charge is 0.383 e. The second kappa shape index (κ2) is 6.30. The molecule has 20 heavy (non-hydrogen) atoms. The van der Waals surface area contributed by atoms with Crippen LogP contribution in [0, 0.1) is 0 Å². The van der Waals surface area contributed by atoms with Crippen molar-refractivity contribution < 1.29 is 4.79 Å². The summed E-state index contributed by atoms with van der Waals surface area (Å²) in [7, 11) is 0. The van der Waals surface area contributed by atoms with Crippen molar-refractivity contribution in [2.45, 2.75) is 50.4 Å². The SMILES string of the molecule is C[C@H]1CCC[C@H](C)N1C(=O)CSc1nc(N)cc(=O)[nH]1. The van der Waals surface area contributed by atoms with Crippen LogP contribution in [0.25, 0.3) is 0 Å². The lowest BCUT2D eigenvalue weighted by molar-refractivity contribution is -0.134. The number of anilines is 1. The Hall–Kier alpha value is -1.50. The summed E-state index contributed by atoms with van der Waals surface area (Å²) in [5.74, 6) is 0.518. The Kier molecular flexibility index (Phi) is 4.69. The van der Waals surface area contributed by atoms with Crippen molar-refractivity contribution in [3.8, 4) is 0 Å². The van der Waals surface area contributed by atoms with Crippen LogP contribution in [0.2, 0.25) is 0 Å². The van der Waals surface area contributed by atoms with Gasteiger partial charge in [-0.1, -0.05) is 11.8 Å². The Morgan fingerprint density at radius 1 is 1.50 bits per heavy atom. The van der Waals surface area contributed by atoms with E-state index in [4.69, 9.17) is 5.73 Å². The third-order valence-corrected chi connectivity index (χ3v) is 4.41. The number of piperidine rings is 1. The molecule has 1 aliphatic heterocycles. The molecule has 2 atom stereocenters. The fourth-order valence-electron chi connectivity index (χ4n) is 2.64. The van der Waals surface area contributed by atoms with Crippen LogP contribution in [-0.4, -0.2) is 38.6 Å². The van der Waals surface area contributed by atoms with Crippen molar-refractivity contribution in [2.75, 3.05) is 11.5 Å². The van der Waals surface area contributed by atoms with E-state index in [2.05, 4.69) is 23.8 Å². The number of nitrogens with two attached hydrogens (primary N) is 1. The third-order valence-electron chi connectivity index (χ3n) is 3.55. The van der Waals surface area contributed by atoms with E-state index >= 15 is 0 Å². The number of hydrogen-bond donors (Lipinski definition) is 2. The molecular formula is C13H20N4O2S. The van der Waals surface area contributed by atoms with Crippen LogP contribution in [0.5, 0.6) is 0 Å². The zero-order chi connectivity index (χ0) is 14.7. The van der Waals surface area contributed by atoms with Gasteiger partial charge in [0.1, 0.15) is 5.82 Å². The lowest BCUT2D eigenvalue weighted by atomic mass is 9.98. The summed E-state index contributed by atoms with van der Waals surface area (Å²) in [6, 6.07) is 1.78. The van der Waals surface area contributed by atoms with Gasteiger partial charge in [-0.05, 0) is 33.1 Å². The predicted octanol–water partition coefficient (Wildman–Crippen LogP) is 1.23. The van der Waals surface area contributed by atoms with E-state index in [0.29, 0.717) is 5.16 Å². The average Bonchev–Trinajstić information content (AvgIpc) is 2.35. The number of thioether (sulfide) groups is 1. The molecule has 0 radical (unpaired) electrons. The van der Waals surface area contributed by atoms with E-state index in [0.717, 1.165) is 12.8 Å². The molecule has 1 saturated heterocycles. The lowest BCUT2D eigenvalue weighted by Gasteiger charge is -2.39. The normalized spacial score (nSPS) is 22.8. The summed E-state index contributed by atoms with van der Waals surface area (Å²) < 4.78 is 0. The number of rotatable bonds is 3. The molecule has 1 amide bonds. The van der Waals surface area contributed by atoms with E-state index in [-0.39, 0.29) is 35.1 Å². The highest BCUT2D eigenvalue weighted by Gasteiger charge is 2.28. The zero-order valence-corrected chi connectivity index (χ0v) is 12.6. The Bertz CT molecular complexity index is 535. The predicted molar refractivity (Wildman–Crippen MR) is 79.6 cm³/mol. The molecule has 110 valence electrons. The molecule has 0 spiro atoms. The van der Waals surface area contributed by atoms with Gasteiger partial charge in [-0.25, -0.2) is 4.98 Å². The van der Waals surface area contributed by atoms with Crippen molar-refractivity contribution in [2.24, 2.45) is 0 Å². The maximum Gasteiger partial charge on any atom is 0.253 e. The van der Waals surface area contributed by atoms with Crippen molar-refractivity contribution >= 4 is 23.5 Å². The van der Waals surface area contributed by atoms with E-state index in [1.54, 1.807) is 0 Å². The van der Waals surface area contributed by atoms with Crippen molar-refractivity contribution in [1.29, 1.82) is 0 Å².